The van der Waals surface area contributed by atoms with Crippen LogP contribution in [-0.2, 0) is 9.59 Å². The maximum Gasteiger partial charge on any atom is 0.295 e. The smallest absolute Gasteiger partial charge is 0.295 e. The molecule has 1 atom stereocenters. The van der Waals surface area contributed by atoms with E-state index in [0.29, 0.717) is 47.3 Å². The van der Waals surface area contributed by atoms with Crippen LogP contribution in [0.3, 0.4) is 0 Å². The number of amides is 1. The van der Waals surface area contributed by atoms with Gasteiger partial charge in [-0.05, 0) is 63.0 Å². The van der Waals surface area contributed by atoms with Crippen molar-refractivity contribution in [2.75, 3.05) is 55.1 Å². The Morgan fingerprint density at radius 3 is 2.09 bits per heavy atom. The van der Waals surface area contributed by atoms with Gasteiger partial charge in [0, 0.05) is 18.7 Å². The van der Waals surface area contributed by atoms with Gasteiger partial charge in [-0.15, -0.1) is 0 Å². The molecule has 0 bridgehead atoms. The van der Waals surface area contributed by atoms with Gasteiger partial charge in [0.25, 0.3) is 11.7 Å². The molecule has 9 nitrogen and oxygen atoms in total. The van der Waals surface area contributed by atoms with E-state index in [-0.39, 0.29) is 17.9 Å². The standard InChI is InChI=1S/C26H32N2O7/c1-7-35-18-10-8-16(9-11-18)23(29)21-22(28(13-12-27(2)3)26(31)24(21)30)17-14-19(32-4)25(34-6)20(15-17)33-5/h8-11,14-15,22,29H,7,12-13H2,1-6H3/b23-21+. The average molecular weight is 485 g/mol. The van der Waals surface area contributed by atoms with Gasteiger partial charge in [0.2, 0.25) is 5.75 Å². The molecular weight excluding hydrogens is 452 g/mol. The first-order valence-electron chi connectivity index (χ1n) is 11.2. The molecule has 0 spiro atoms. The van der Waals surface area contributed by atoms with Crippen LogP contribution in [0.25, 0.3) is 5.76 Å². The van der Waals surface area contributed by atoms with Crippen molar-refractivity contribution in [3.8, 4) is 23.0 Å². The van der Waals surface area contributed by atoms with Crippen molar-refractivity contribution >= 4 is 17.4 Å². The second-order valence-electron chi connectivity index (χ2n) is 8.21. The predicted molar refractivity (Wildman–Crippen MR) is 131 cm³/mol. The number of rotatable bonds is 10. The summed E-state index contributed by atoms with van der Waals surface area (Å²) in [5.41, 5.74) is 0.939. The molecule has 1 aliphatic rings. The minimum atomic E-state index is -0.852. The molecule has 2 aromatic carbocycles. The normalized spacial score (nSPS) is 17.1. The molecule has 35 heavy (non-hydrogen) atoms. The molecule has 0 radical (unpaired) electrons. The monoisotopic (exact) mass is 484 g/mol. The summed E-state index contributed by atoms with van der Waals surface area (Å²) in [6, 6.07) is 9.23. The second-order valence-corrected chi connectivity index (χ2v) is 8.21. The van der Waals surface area contributed by atoms with Crippen molar-refractivity contribution in [2.45, 2.75) is 13.0 Å². The van der Waals surface area contributed by atoms with Crippen molar-refractivity contribution in [2.24, 2.45) is 0 Å². The molecule has 1 fully saturated rings. The zero-order chi connectivity index (χ0) is 25.7. The average Bonchev–Trinajstić information content (AvgIpc) is 3.11. The fraction of sp³-hybridized carbons (Fsp3) is 0.385. The summed E-state index contributed by atoms with van der Waals surface area (Å²) in [5.74, 6) is 0.0684. The Bertz CT molecular complexity index is 1080. The van der Waals surface area contributed by atoms with Crippen LogP contribution in [-0.4, -0.2) is 81.7 Å². The number of ether oxygens (including phenoxy) is 4. The van der Waals surface area contributed by atoms with Crippen LogP contribution in [0, 0.1) is 0 Å². The maximum absolute atomic E-state index is 13.2. The topological polar surface area (TPSA) is 97.8 Å². The summed E-state index contributed by atoms with van der Waals surface area (Å²) in [4.78, 5) is 29.7. The van der Waals surface area contributed by atoms with Gasteiger partial charge < -0.3 is 33.9 Å². The third-order valence-electron chi connectivity index (χ3n) is 5.77. The number of benzene rings is 2. The van der Waals surface area contributed by atoms with Crippen molar-refractivity contribution < 1.29 is 33.6 Å². The highest BCUT2D eigenvalue weighted by Gasteiger charge is 2.46. The Labute approximate surface area is 205 Å². The zero-order valence-electron chi connectivity index (χ0n) is 21.0. The molecule has 1 aliphatic heterocycles. The number of hydrogen-bond acceptors (Lipinski definition) is 8. The van der Waals surface area contributed by atoms with E-state index in [1.54, 1.807) is 36.4 Å². The number of hydrogen-bond donors (Lipinski definition) is 1. The maximum atomic E-state index is 13.2. The van der Waals surface area contributed by atoms with Crippen molar-refractivity contribution in [1.82, 2.24) is 9.80 Å². The molecule has 0 aliphatic carbocycles. The van der Waals surface area contributed by atoms with E-state index < -0.39 is 17.7 Å². The largest absolute Gasteiger partial charge is 0.507 e. The van der Waals surface area contributed by atoms with E-state index in [1.165, 1.54) is 26.2 Å². The third kappa shape index (κ3) is 5.19. The molecule has 0 saturated carbocycles. The number of likely N-dealkylation sites (tertiary alicyclic amines) is 1. The SMILES string of the molecule is CCOc1ccc(/C(O)=C2\C(=O)C(=O)N(CCN(C)C)C2c2cc(OC)c(OC)c(OC)c2)cc1. The van der Waals surface area contributed by atoms with E-state index in [1.807, 2.05) is 25.9 Å². The van der Waals surface area contributed by atoms with Gasteiger partial charge in [0.15, 0.2) is 11.5 Å². The van der Waals surface area contributed by atoms with Crippen LogP contribution in [0.15, 0.2) is 42.0 Å². The van der Waals surface area contributed by atoms with E-state index in [0.717, 1.165) is 0 Å². The minimum Gasteiger partial charge on any atom is -0.507 e. The van der Waals surface area contributed by atoms with Crippen molar-refractivity contribution in [3.05, 3.63) is 53.1 Å². The Balaban J connectivity index is 2.21. The summed E-state index contributed by atoms with van der Waals surface area (Å²) in [6.07, 6.45) is 0. The van der Waals surface area contributed by atoms with Gasteiger partial charge in [-0.25, -0.2) is 0 Å². The highest BCUT2D eigenvalue weighted by Crippen LogP contribution is 2.45. The van der Waals surface area contributed by atoms with Crippen LogP contribution in [0.1, 0.15) is 24.1 Å². The molecule has 3 rings (SSSR count). The van der Waals surface area contributed by atoms with Crippen LogP contribution < -0.4 is 18.9 Å². The molecule has 1 unspecified atom stereocenters. The summed E-state index contributed by atoms with van der Waals surface area (Å²) < 4.78 is 21.9. The lowest BCUT2D eigenvalue weighted by molar-refractivity contribution is -0.140. The molecule has 1 saturated heterocycles. The Morgan fingerprint density at radius 2 is 1.60 bits per heavy atom. The predicted octanol–water partition coefficient (Wildman–Crippen LogP) is 3.09. The lowest BCUT2D eigenvalue weighted by atomic mass is 9.94. The van der Waals surface area contributed by atoms with Crippen LogP contribution >= 0.6 is 0 Å². The Kier molecular flexibility index (Phi) is 8.24. The van der Waals surface area contributed by atoms with Gasteiger partial charge in [-0.1, -0.05) is 0 Å². The third-order valence-corrected chi connectivity index (χ3v) is 5.77. The van der Waals surface area contributed by atoms with Gasteiger partial charge >= 0.3 is 0 Å². The van der Waals surface area contributed by atoms with Crippen LogP contribution in [0.5, 0.6) is 23.0 Å². The number of aliphatic hydroxyl groups excluding tert-OH is 1. The van der Waals surface area contributed by atoms with Gasteiger partial charge in [0.1, 0.15) is 11.5 Å². The van der Waals surface area contributed by atoms with E-state index >= 15 is 0 Å². The lowest BCUT2D eigenvalue weighted by Gasteiger charge is -2.27. The zero-order valence-corrected chi connectivity index (χ0v) is 21.0. The number of carbonyl (C=O) groups is 2. The molecule has 9 heteroatoms. The Hall–Kier alpha value is -3.72. The molecule has 188 valence electrons. The summed E-state index contributed by atoms with van der Waals surface area (Å²) in [7, 11) is 8.24. The van der Waals surface area contributed by atoms with Crippen LogP contribution in [0.2, 0.25) is 0 Å². The van der Waals surface area contributed by atoms with Gasteiger partial charge in [0.05, 0.1) is 39.6 Å². The number of likely N-dealkylation sites (N-methyl/N-ethyl adjacent to an activating group) is 1. The van der Waals surface area contributed by atoms with Crippen molar-refractivity contribution in [3.63, 3.8) is 0 Å². The Morgan fingerprint density at radius 1 is 1.00 bits per heavy atom. The lowest BCUT2D eigenvalue weighted by Crippen LogP contribution is -2.35. The van der Waals surface area contributed by atoms with E-state index in [4.69, 9.17) is 18.9 Å². The first-order valence-corrected chi connectivity index (χ1v) is 11.2. The highest BCUT2D eigenvalue weighted by atomic mass is 16.5. The summed E-state index contributed by atoms with van der Waals surface area (Å²) in [6.45, 7) is 3.18. The number of carbonyl (C=O) groups excluding carboxylic acids is 2. The first kappa shape index (κ1) is 25.9. The fourth-order valence-corrected chi connectivity index (χ4v) is 4.06. The molecule has 1 N–H and O–H groups in total. The van der Waals surface area contributed by atoms with Gasteiger partial charge in [-0.2, -0.15) is 0 Å². The van der Waals surface area contributed by atoms with Crippen LogP contribution in [0.4, 0.5) is 0 Å². The number of Topliss-reactive ketones (excluding diaryl/α,β-unsaturated/α-hetero) is 1. The molecule has 1 amide bonds. The number of ketones is 1. The summed E-state index contributed by atoms with van der Waals surface area (Å²) in [5, 5.41) is 11.3. The highest BCUT2D eigenvalue weighted by molar-refractivity contribution is 6.46. The summed E-state index contributed by atoms with van der Waals surface area (Å²) >= 11 is 0. The minimum absolute atomic E-state index is 0.00723. The second kappa shape index (κ2) is 11.1. The number of methoxy groups -OCH3 is 3. The number of aliphatic hydroxyl groups is 1. The molecule has 2 aromatic rings. The van der Waals surface area contributed by atoms with Crippen molar-refractivity contribution in [1.29, 1.82) is 0 Å². The first-order chi connectivity index (χ1) is 16.8. The molecule has 1 heterocycles. The van der Waals surface area contributed by atoms with Gasteiger partial charge in [-0.3, -0.25) is 9.59 Å². The number of nitrogens with zero attached hydrogens (tertiary/aromatic N) is 2. The quantitative estimate of drug-likeness (QED) is 0.312. The molecular formula is C26H32N2O7. The van der Waals surface area contributed by atoms with E-state index in [9.17, 15) is 14.7 Å². The molecule has 0 aromatic heterocycles. The fourth-order valence-electron chi connectivity index (χ4n) is 4.06. The van der Waals surface area contributed by atoms with E-state index in [2.05, 4.69) is 0 Å².